The Hall–Kier alpha value is -2.95. The zero-order valence-electron chi connectivity index (χ0n) is 13.1. The first-order valence-corrected chi connectivity index (χ1v) is 7.08. The first-order valence-electron chi connectivity index (χ1n) is 7.08. The molecule has 0 unspecified atom stereocenters. The van der Waals surface area contributed by atoms with E-state index in [2.05, 4.69) is 5.32 Å². The Morgan fingerprint density at radius 3 is 2.74 bits per heavy atom. The van der Waals surface area contributed by atoms with E-state index in [-0.39, 0.29) is 11.7 Å². The highest BCUT2D eigenvalue weighted by molar-refractivity contribution is 5.91. The minimum Gasteiger partial charge on any atom is -0.504 e. The number of amides is 1. The normalized spacial score (nSPS) is 10.5. The van der Waals surface area contributed by atoms with Gasteiger partial charge in [-0.25, -0.2) is 0 Å². The number of nitrogens with one attached hydrogen (secondary N) is 1. The number of ether oxygens (including phenoxy) is 2. The van der Waals surface area contributed by atoms with Crippen molar-refractivity contribution in [3.63, 3.8) is 0 Å². The summed E-state index contributed by atoms with van der Waals surface area (Å²) in [5.74, 6) is 0.979. The maximum Gasteiger partial charge on any atom is 0.244 e. The Kier molecular flexibility index (Phi) is 5.63. The average molecular weight is 313 g/mol. The number of benzene rings is 2. The van der Waals surface area contributed by atoms with Gasteiger partial charge in [-0.2, -0.15) is 0 Å². The van der Waals surface area contributed by atoms with E-state index in [1.54, 1.807) is 25.3 Å². The van der Waals surface area contributed by atoms with Crippen LogP contribution >= 0.6 is 0 Å². The molecule has 0 radical (unpaired) electrons. The third-order valence-electron chi connectivity index (χ3n) is 3.23. The molecule has 1 amide bonds. The highest BCUT2D eigenvalue weighted by Crippen LogP contribution is 2.26. The second kappa shape index (κ2) is 7.89. The van der Waals surface area contributed by atoms with Crippen LogP contribution in [0.4, 0.5) is 0 Å². The second-order valence-corrected chi connectivity index (χ2v) is 4.83. The van der Waals surface area contributed by atoms with E-state index in [9.17, 15) is 9.90 Å². The lowest BCUT2D eigenvalue weighted by Crippen LogP contribution is -2.20. The van der Waals surface area contributed by atoms with Gasteiger partial charge in [-0.1, -0.05) is 18.2 Å². The van der Waals surface area contributed by atoms with Gasteiger partial charge in [0.1, 0.15) is 5.75 Å². The minimum atomic E-state index is -0.208. The first kappa shape index (κ1) is 16.4. The molecule has 23 heavy (non-hydrogen) atoms. The minimum absolute atomic E-state index is 0.0699. The molecule has 0 bridgehead atoms. The number of carbonyl (C=O) groups excluding carboxylic acids is 1. The van der Waals surface area contributed by atoms with E-state index in [4.69, 9.17) is 9.47 Å². The van der Waals surface area contributed by atoms with Crippen LogP contribution < -0.4 is 14.8 Å². The van der Waals surface area contributed by atoms with Crippen LogP contribution in [0.25, 0.3) is 6.08 Å². The first-order chi connectivity index (χ1) is 11.1. The van der Waals surface area contributed by atoms with Gasteiger partial charge in [-0.15, -0.1) is 0 Å². The van der Waals surface area contributed by atoms with E-state index in [0.717, 1.165) is 16.9 Å². The third-order valence-corrected chi connectivity index (χ3v) is 3.23. The fourth-order valence-electron chi connectivity index (χ4n) is 2.00. The third kappa shape index (κ3) is 4.78. The van der Waals surface area contributed by atoms with E-state index >= 15 is 0 Å². The smallest absolute Gasteiger partial charge is 0.244 e. The molecular weight excluding hydrogens is 294 g/mol. The molecule has 0 spiro atoms. The quantitative estimate of drug-likeness (QED) is 0.805. The maximum atomic E-state index is 11.9. The van der Waals surface area contributed by atoms with Gasteiger partial charge in [0, 0.05) is 12.6 Å². The van der Waals surface area contributed by atoms with Crippen LogP contribution in [0.2, 0.25) is 0 Å². The van der Waals surface area contributed by atoms with Crippen molar-refractivity contribution in [2.75, 3.05) is 14.2 Å². The number of hydrogen-bond acceptors (Lipinski definition) is 4. The lowest BCUT2D eigenvalue weighted by Gasteiger charge is -2.07. The molecule has 0 aliphatic heterocycles. The molecule has 0 saturated carbocycles. The SMILES string of the molecule is COc1cccc(/C=C/C(=O)NCc2ccc(O)c(OC)c2)c1. The van der Waals surface area contributed by atoms with E-state index < -0.39 is 0 Å². The van der Waals surface area contributed by atoms with Crippen molar-refractivity contribution in [3.8, 4) is 17.2 Å². The maximum absolute atomic E-state index is 11.9. The average Bonchev–Trinajstić information content (AvgIpc) is 2.59. The van der Waals surface area contributed by atoms with Crippen molar-refractivity contribution in [1.82, 2.24) is 5.32 Å². The summed E-state index contributed by atoms with van der Waals surface area (Å²) in [6, 6.07) is 12.4. The Morgan fingerprint density at radius 1 is 1.17 bits per heavy atom. The predicted molar refractivity (Wildman–Crippen MR) is 88.5 cm³/mol. The number of carbonyl (C=O) groups is 1. The van der Waals surface area contributed by atoms with Gasteiger partial charge in [0.05, 0.1) is 14.2 Å². The zero-order valence-corrected chi connectivity index (χ0v) is 13.1. The molecule has 0 aliphatic carbocycles. The summed E-state index contributed by atoms with van der Waals surface area (Å²) < 4.78 is 10.2. The zero-order chi connectivity index (χ0) is 16.7. The van der Waals surface area contributed by atoms with Crippen molar-refractivity contribution in [2.24, 2.45) is 0 Å². The topological polar surface area (TPSA) is 67.8 Å². The molecular formula is C18H19NO4. The summed E-state index contributed by atoms with van der Waals surface area (Å²) in [6.45, 7) is 0.345. The Labute approximate surface area is 135 Å². The molecule has 0 saturated heterocycles. The number of rotatable bonds is 6. The summed E-state index contributed by atoms with van der Waals surface area (Å²) in [4.78, 5) is 11.9. The largest absolute Gasteiger partial charge is 0.504 e. The van der Waals surface area contributed by atoms with Gasteiger partial charge >= 0.3 is 0 Å². The van der Waals surface area contributed by atoms with Gasteiger partial charge in [0.15, 0.2) is 11.5 Å². The van der Waals surface area contributed by atoms with Gasteiger partial charge in [0.2, 0.25) is 5.91 Å². The van der Waals surface area contributed by atoms with E-state index in [0.29, 0.717) is 12.3 Å². The fraction of sp³-hybridized carbons (Fsp3) is 0.167. The predicted octanol–water partition coefficient (Wildman–Crippen LogP) is 2.74. The van der Waals surface area contributed by atoms with Crippen molar-refractivity contribution in [2.45, 2.75) is 6.54 Å². The number of phenolic OH excluding ortho intramolecular Hbond substituents is 1. The van der Waals surface area contributed by atoms with Crippen LogP contribution in [0.3, 0.4) is 0 Å². The van der Waals surface area contributed by atoms with Crippen molar-refractivity contribution < 1.29 is 19.4 Å². The number of methoxy groups -OCH3 is 2. The summed E-state index contributed by atoms with van der Waals surface area (Å²) >= 11 is 0. The van der Waals surface area contributed by atoms with Gasteiger partial charge < -0.3 is 19.9 Å². The molecule has 2 aromatic rings. The molecule has 0 atom stereocenters. The summed E-state index contributed by atoms with van der Waals surface area (Å²) in [6.07, 6.45) is 3.18. The summed E-state index contributed by atoms with van der Waals surface area (Å²) in [5, 5.41) is 12.3. The van der Waals surface area contributed by atoms with Gasteiger partial charge in [-0.3, -0.25) is 4.79 Å². The number of hydrogen-bond donors (Lipinski definition) is 2. The van der Waals surface area contributed by atoms with Crippen molar-refractivity contribution in [3.05, 3.63) is 59.7 Å². The molecule has 0 aromatic heterocycles. The molecule has 5 nitrogen and oxygen atoms in total. The molecule has 0 heterocycles. The lowest BCUT2D eigenvalue weighted by atomic mass is 10.2. The van der Waals surface area contributed by atoms with Crippen LogP contribution in [0.5, 0.6) is 17.2 Å². The molecule has 5 heteroatoms. The Bertz CT molecular complexity index is 710. The van der Waals surface area contributed by atoms with Crippen LogP contribution in [0, 0.1) is 0 Å². The second-order valence-electron chi connectivity index (χ2n) is 4.83. The number of aromatic hydroxyl groups is 1. The van der Waals surface area contributed by atoms with Crippen LogP contribution in [-0.2, 0) is 11.3 Å². The fourth-order valence-corrected chi connectivity index (χ4v) is 2.00. The molecule has 2 aromatic carbocycles. The molecule has 0 aliphatic rings. The monoisotopic (exact) mass is 313 g/mol. The molecule has 2 rings (SSSR count). The van der Waals surface area contributed by atoms with E-state index in [1.807, 2.05) is 24.3 Å². The highest BCUT2D eigenvalue weighted by atomic mass is 16.5. The van der Waals surface area contributed by atoms with Gasteiger partial charge in [0.25, 0.3) is 0 Å². The Morgan fingerprint density at radius 2 is 2.00 bits per heavy atom. The van der Waals surface area contributed by atoms with Gasteiger partial charge in [-0.05, 0) is 41.5 Å². The lowest BCUT2D eigenvalue weighted by molar-refractivity contribution is -0.116. The molecule has 120 valence electrons. The van der Waals surface area contributed by atoms with Crippen molar-refractivity contribution in [1.29, 1.82) is 0 Å². The molecule has 0 fully saturated rings. The van der Waals surface area contributed by atoms with E-state index in [1.165, 1.54) is 19.3 Å². The van der Waals surface area contributed by atoms with Crippen LogP contribution in [0.15, 0.2) is 48.5 Å². The van der Waals surface area contributed by atoms with Crippen LogP contribution in [0.1, 0.15) is 11.1 Å². The molecule has 2 N–H and O–H groups in total. The summed E-state index contributed by atoms with van der Waals surface area (Å²) in [5.41, 5.74) is 1.72. The summed E-state index contributed by atoms with van der Waals surface area (Å²) in [7, 11) is 3.08. The Balaban J connectivity index is 1.93. The van der Waals surface area contributed by atoms with Crippen LogP contribution in [-0.4, -0.2) is 25.2 Å². The standard InChI is InChI=1S/C18H19NO4/c1-22-15-5-3-4-13(10-15)7-9-18(21)19-12-14-6-8-16(20)17(11-14)23-2/h3-11,20H,12H2,1-2H3,(H,19,21)/b9-7+. The van der Waals surface area contributed by atoms with Crippen molar-refractivity contribution >= 4 is 12.0 Å². The highest BCUT2D eigenvalue weighted by Gasteiger charge is 2.03. The number of phenols is 1.